The zero-order valence-corrected chi connectivity index (χ0v) is 10.9. The number of carbonyl (C=O) groups excluding carboxylic acids is 1. The van der Waals surface area contributed by atoms with Crippen LogP contribution >= 0.6 is 0 Å². The van der Waals surface area contributed by atoms with Crippen LogP contribution in [0.15, 0.2) is 0 Å². The van der Waals surface area contributed by atoms with Crippen LogP contribution in [-0.2, 0) is 9.59 Å². The molecular weight excluding hydrogens is 234 g/mol. The van der Waals surface area contributed by atoms with Crippen molar-refractivity contribution >= 4 is 11.9 Å². The molecule has 5 nitrogen and oxygen atoms in total. The smallest absolute Gasteiger partial charge is 0.337 e. The van der Waals surface area contributed by atoms with Gasteiger partial charge >= 0.3 is 5.97 Å². The summed E-state index contributed by atoms with van der Waals surface area (Å²) in [5, 5.41) is 20.6. The van der Waals surface area contributed by atoms with Crippen LogP contribution in [-0.4, -0.2) is 34.2 Å². The third-order valence-electron chi connectivity index (χ3n) is 3.59. The van der Waals surface area contributed by atoms with E-state index in [0.717, 1.165) is 6.42 Å². The number of carboxylic acids is 1. The Labute approximate surface area is 108 Å². The molecule has 1 amide bonds. The van der Waals surface area contributed by atoms with Gasteiger partial charge < -0.3 is 15.5 Å². The predicted octanol–water partition coefficient (Wildman–Crippen LogP) is 1.30. The highest BCUT2D eigenvalue weighted by molar-refractivity contribution is 5.80. The van der Waals surface area contributed by atoms with Crippen molar-refractivity contribution in [2.75, 3.05) is 6.54 Å². The van der Waals surface area contributed by atoms with Crippen molar-refractivity contribution in [3.8, 4) is 0 Å². The molecule has 1 atom stereocenters. The van der Waals surface area contributed by atoms with E-state index in [1.807, 2.05) is 0 Å². The summed E-state index contributed by atoms with van der Waals surface area (Å²) in [7, 11) is 0. The summed E-state index contributed by atoms with van der Waals surface area (Å²) in [5.74, 6) is -0.873. The number of aliphatic hydroxyl groups is 1. The van der Waals surface area contributed by atoms with Crippen LogP contribution in [0.2, 0.25) is 0 Å². The van der Waals surface area contributed by atoms with Gasteiger partial charge in [-0.25, -0.2) is 4.79 Å². The summed E-state index contributed by atoms with van der Waals surface area (Å²) < 4.78 is 0. The summed E-state index contributed by atoms with van der Waals surface area (Å²) >= 11 is 0. The molecule has 0 aromatic heterocycles. The number of carbonyl (C=O) groups is 2. The lowest BCUT2D eigenvalue weighted by atomic mass is 9.86. The lowest BCUT2D eigenvalue weighted by Gasteiger charge is -2.22. The SMILES string of the molecule is CC(O)(CNC(=O)CCC1CCCCC1)C(=O)O. The van der Waals surface area contributed by atoms with Crippen LogP contribution in [0.4, 0.5) is 0 Å². The molecule has 104 valence electrons. The Balaban J connectivity index is 2.19. The molecule has 1 unspecified atom stereocenters. The van der Waals surface area contributed by atoms with E-state index in [2.05, 4.69) is 5.32 Å². The molecule has 0 saturated heterocycles. The monoisotopic (exact) mass is 257 g/mol. The van der Waals surface area contributed by atoms with E-state index >= 15 is 0 Å². The summed E-state index contributed by atoms with van der Waals surface area (Å²) in [6.45, 7) is 0.933. The highest BCUT2D eigenvalue weighted by Crippen LogP contribution is 2.27. The number of hydrogen-bond donors (Lipinski definition) is 3. The lowest BCUT2D eigenvalue weighted by Crippen LogP contribution is -2.46. The highest BCUT2D eigenvalue weighted by atomic mass is 16.4. The minimum atomic E-state index is -1.89. The third kappa shape index (κ3) is 5.04. The lowest BCUT2D eigenvalue weighted by molar-refractivity contribution is -0.156. The molecule has 18 heavy (non-hydrogen) atoms. The molecule has 1 rings (SSSR count). The fourth-order valence-corrected chi connectivity index (χ4v) is 2.25. The van der Waals surface area contributed by atoms with Gasteiger partial charge in [0.05, 0.1) is 6.54 Å². The maximum Gasteiger partial charge on any atom is 0.337 e. The molecule has 0 heterocycles. The first-order valence-corrected chi connectivity index (χ1v) is 6.64. The highest BCUT2D eigenvalue weighted by Gasteiger charge is 2.30. The molecule has 5 heteroatoms. The van der Waals surface area contributed by atoms with Gasteiger partial charge in [0.15, 0.2) is 5.60 Å². The van der Waals surface area contributed by atoms with Gasteiger partial charge in [0.2, 0.25) is 5.91 Å². The minimum Gasteiger partial charge on any atom is -0.479 e. The largest absolute Gasteiger partial charge is 0.479 e. The normalized spacial score (nSPS) is 20.1. The second-order valence-corrected chi connectivity index (χ2v) is 5.40. The van der Waals surface area contributed by atoms with Crippen molar-refractivity contribution in [3.63, 3.8) is 0 Å². The van der Waals surface area contributed by atoms with E-state index < -0.39 is 11.6 Å². The Morgan fingerprint density at radius 1 is 1.28 bits per heavy atom. The topological polar surface area (TPSA) is 86.6 Å². The van der Waals surface area contributed by atoms with Gasteiger partial charge in [-0.05, 0) is 19.3 Å². The molecular formula is C13H23NO4. The number of carboxylic acid groups (broad SMARTS) is 1. The summed E-state index contributed by atoms with van der Waals surface area (Å²) in [6.07, 6.45) is 7.46. The zero-order chi connectivity index (χ0) is 13.6. The predicted molar refractivity (Wildman–Crippen MR) is 67.1 cm³/mol. The van der Waals surface area contributed by atoms with Crippen LogP contribution in [0.5, 0.6) is 0 Å². The Morgan fingerprint density at radius 2 is 1.89 bits per heavy atom. The summed E-state index contributed by atoms with van der Waals surface area (Å²) in [5.41, 5.74) is -1.89. The van der Waals surface area contributed by atoms with Gasteiger partial charge in [0.1, 0.15) is 0 Å². The Bertz CT molecular complexity index is 295. The van der Waals surface area contributed by atoms with Crippen LogP contribution < -0.4 is 5.32 Å². The second-order valence-electron chi connectivity index (χ2n) is 5.40. The molecule has 1 aliphatic carbocycles. The van der Waals surface area contributed by atoms with Crippen molar-refractivity contribution in [1.82, 2.24) is 5.32 Å². The molecule has 3 N–H and O–H groups in total. The number of aliphatic carboxylic acids is 1. The van der Waals surface area contributed by atoms with Crippen LogP contribution in [0, 0.1) is 5.92 Å². The number of hydrogen-bond acceptors (Lipinski definition) is 3. The maximum atomic E-state index is 11.5. The molecule has 0 aromatic rings. The molecule has 1 fully saturated rings. The van der Waals surface area contributed by atoms with E-state index in [1.54, 1.807) is 0 Å². The van der Waals surface area contributed by atoms with Gasteiger partial charge in [-0.3, -0.25) is 4.79 Å². The van der Waals surface area contributed by atoms with Gasteiger partial charge in [-0.15, -0.1) is 0 Å². The van der Waals surface area contributed by atoms with E-state index in [-0.39, 0.29) is 12.5 Å². The van der Waals surface area contributed by atoms with E-state index in [0.29, 0.717) is 12.3 Å². The molecule has 0 aliphatic heterocycles. The standard InChI is InChI=1S/C13H23NO4/c1-13(18,12(16)17)9-14-11(15)8-7-10-5-3-2-4-6-10/h10,18H,2-9H2,1H3,(H,14,15)(H,16,17). The number of amides is 1. The van der Waals surface area contributed by atoms with E-state index in [4.69, 9.17) is 5.11 Å². The summed E-state index contributed by atoms with van der Waals surface area (Å²) in [4.78, 5) is 22.2. The molecule has 0 spiro atoms. The fraction of sp³-hybridized carbons (Fsp3) is 0.846. The van der Waals surface area contributed by atoms with Crippen LogP contribution in [0.25, 0.3) is 0 Å². The van der Waals surface area contributed by atoms with Gasteiger partial charge in [-0.2, -0.15) is 0 Å². The summed E-state index contributed by atoms with van der Waals surface area (Å²) in [6, 6.07) is 0. The molecule has 0 bridgehead atoms. The maximum absolute atomic E-state index is 11.5. The van der Waals surface area contributed by atoms with Gasteiger partial charge in [-0.1, -0.05) is 32.1 Å². The first-order chi connectivity index (χ1) is 8.42. The average Bonchev–Trinajstić information content (AvgIpc) is 2.35. The molecule has 1 aliphatic rings. The Kier molecular flexibility index (Phi) is 5.59. The minimum absolute atomic E-state index is 0.179. The van der Waals surface area contributed by atoms with E-state index in [9.17, 15) is 14.7 Å². The molecule has 0 aromatic carbocycles. The van der Waals surface area contributed by atoms with Gasteiger partial charge in [0, 0.05) is 6.42 Å². The van der Waals surface area contributed by atoms with Crippen LogP contribution in [0.1, 0.15) is 51.9 Å². The van der Waals surface area contributed by atoms with Gasteiger partial charge in [0.25, 0.3) is 0 Å². The van der Waals surface area contributed by atoms with Crippen molar-refractivity contribution in [1.29, 1.82) is 0 Å². The van der Waals surface area contributed by atoms with Crippen molar-refractivity contribution < 1.29 is 19.8 Å². The first kappa shape index (κ1) is 15.0. The number of nitrogens with one attached hydrogen (secondary N) is 1. The quantitative estimate of drug-likeness (QED) is 0.669. The third-order valence-corrected chi connectivity index (χ3v) is 3.59. The fourth-order valence-electron chi connectivity index (χ4n) is 2.25. The Morgan fingerprint density at radius 3 is 2.44 bits per heavy atom. The van der Waals surface area contributed by atoms with Crippen molar-refractivity contribution in [3.05, 3.63) is 0 Å². The van der Waals surface area contributed by atoms with Crippen molar-refractivity contribution in [2.24, 2.45) is 5.92 Å². The number of rotatable bonds is 6. The first-order valence-electron chi connectivity index (χ1n) is 6.64. The van der Waals surface area contributed by atoms with Crippen molar-refractivity contribution in [2.45, 2.75) is 57.5 Å². The Hall–Kier alpha value is -1.10. The zero-order valence-electron chi connectivity index (χ0n) is 10.9. The second kappa shape index (κ2) is 6.73. The molecule has 0 radical (unpaired) electrons. The molecule has 1 saturated carbocycles. The average molecular weight is 257 g/mol. The van der Waals surface area contributed by atoms with Crippen LogP contribution in [0.3, 0.4) is 0 Å². The van der Waals surface area contributed by atoms with E-state index in [1.165, 1.54) is 39.0 Å².